The van der Waals surface area contributed by atoms with Gasteiger partial charge in [0.2, 0.25) is 6.71 Å². The first kappa shape index (κ1) is 32.2. The average molecular weight is 755 g/mol. The van der Waals surface area contributed by atoms with E-state index in [1.54, 1.807) is 4.76 Å². The van der Waals surface area contributed by atoms with Crippen LogP contribution < -0.4 is 27.3 Å². The van der Waals surface area contributed by atoms with Gasteiger partial charge in [0, 0.05) is 48.6 Å². The Balaban J connectivity index is 1.20. The van der Waals surface area contributed by atoms with E-state index in [0.717, 1.165) is 5.75 Å². The van der Waals surface area contributed by atoms with Crippen molar-refractivity contribution in [3.63, 3.8) is 0 Å². The molecule has 6 heteroatoms. The average Bonchev–Trinajstić information content (AvgIpc) is 3.72. The second kappa shape index (κ2) is 10.5. The number of aromatic nitrogens is 2. The highest BCUT2D eigenvalue weighted by Crippen LogP contribution is 2.48. The molecular formula is C50H40B2N2S2. The van der Waals surface area contributed by atoms with Gasteiger partial charge in [0.15, 0.2) is 0 Å². The highest BCUT2D eigenvalue weighted by Gasteiger charge is 2.45. The van der Waals surface area contributed by atoms with E-state index < -0.39 is 0 Å². The third-order valence-electron chi connectivity index (χ3n) is 13.5. The van der Waals surface area contributed by atoms with E-state index in [1.165, 1.54) is 109 Å². The summed E-state index contributed by atoms with van der Waals surface area (Å²) in [7, 11) is 0.0181. The zero-order valence-corrected chi connectivity index (χ0v) is 34.3. The molecule has 0 bridgehead atoms. The molecule has 0 saturated heterocycles. The Morgan fingerprint density at radius 1 is 0.607 bits per heavy atom. The molecule has 0 N–H and O–H groups in total. The molecule has 0 amide bonds. The van der Waals surface area contributed by atoms with Gasteiger partial charge in [-0.2, -0.15) is 10.5 Å². The van der Waals surface area contributed by atoms with Gasteiger partial charge in [0.25, 0.3) is 6.71 Å². The molecule has 0 spiro atoms. The van der Waals surface area contributed by atoms with Crippen molar-refractivity contribution >= 4 is 107 Å². The minimum atomic E-state index is 0.0181. The summed E-state index contributed by atoms with van der Waals surface area (Å²) in [6.45, 7) is 14.5. The molecule has 2 aromatic heterocycles. The predicted molar refractivity (Wildman–Crippen MR) is 246 cm³/mol. The summed E-state index contributed by atoms with van der Waals surface area (Å²) >= 11 is 1.95. The fourth-order valence-corrected chi connectivity index (χ4v) is 14.4. The molecule has 0 fully saturated rings. The minimum Gasteiger partial charge on any atom is -0.310 e. The lowest BCUT2D eigenvalue weighted by Gasteiger charge is -2.37. The molecule has 0 aliphatic carbocycles. The van der Waals surface area contributed by atoms with Crippen molar-refractivity contribution in [1.82, 2.24) is 9.13 Å². The van der Waals surface area contributed by atoms with Crippen LogP contribution in [0, 0.1) is 0 Å². The van der Waals surface area contributed by atoms with Crippen LogP contribution in [0.3, 0.4) is 0 Å². The van der Waals surface area contributed by atoms with Crippen LogP contribution >= 0.6 is 22.2 Å². The van der Waals surface area contributed by atoms with Gasteiger partial charge in [0.05, 0.1) is 22.2 Å². The summed E-state index contributed by atoms with van der Waals surface area (Å²) in [4.78, 5) is 2.76. The second-order valence-electron chi connectivity index (χ2n) is 18.7. The number of benzene rings is 6. The number of fused-ring (bicyclic) bond motifs is 17. The first-order valence-electron chi connectivity index (χ1n) is 20.1. The molecule has 6 aromatic carbocycles. The SMILES string of the molecule is CC(C)(C)c1ccc2c(c1)B1C3=S(C=Cc4c3n-2c2c4ccc3c2c2ccc4c5c2n3-c2ccc(C(C)(C)C)cc2B5c2ccccc2S4)Cc2ccccc21. The molecule has 5 aliphatic rings. The summed E-state index contributed by atoms with van der Waals surface area (Å²) in [5.74, 6) is 1.09. The summed E-state index contributed by atoms with van der Waals surface area (Å²) < 4.78 is 6.99. The summed E-state index contributed by atoms with van der Waals surface area (Å²) in [6, 6.07) is 43.0. The van der Waals surface area contributed by atoms with Gasteiger partial charge in [-0.05, 0) is 90.5 Å². The minimum absolute atomic E-state index is 0.0181. The molecule has 268 valence electrons. The molecule has 0 saturated carbocycles. The molecular weight excluding hydrogens is 714 g/mol. The third kappa shape index (κ3) is 3.93. The van der Waals surface area contributed by atoms with E-state index in [4.69, 9.17) is 0 Å². The maximum atomic E-state index is 2.73. The van der Waals surface area contributed by atoms with E-state index in [2.05, 4.69) is 171 Å². The molecule has 2 nitrogen and oxygen atoms in total. The standard InChI is InChI=1S/C50H40B2N2S2/c1-49(2,3)29-15-19-38-36(25-29)51-35-13-9-10-14-41(35)55-42-22-18-33-43-40(53(38)46(33)44(42)51)21-17-31-32-23-24-56-27-28-11-7-8-12-34(28)52-37-26-30(50(4,5)6)16-20-39(37)54(45(31)43)47(32)48(52)56/h7-26H,27H2,1-6H3. The molecule has 56 heavy (non-hydrogen) atoms. The smallest absolute Gasteiger partial charge is 0.254 e. The summed E-state index contributed by atoms with van der Waals surface area (Å²) in [5, 5.41) is 6.66. The molecule has 7 heterocycles. The fraction of sp³-hybridized carbons (Fsp3) is 0.180. The Hall–Kier alpha value is -4.90. The van der Waals surface area contributed by atoms with Crippen molar-refractivity contribution in [2.24, 2.45) is 0 Å². The van der Waals surface area contributed by atoms with Gasteiger partial charge in [-0.15, -0.1) is 0 Å². The molecule has 5 aliphatic heterocycles. The molecule has 0 radical (unpaired) electrons. The van der Waals surface area contributed by atoms with Gasteiger partial charge in [-0.25, -0.2) is 0 Å². The Labute approximate surface area is 335 Å². The van der Waals surface area contributed by atoms with Crippen LogP contribution in [0.4, 0.5) is 0 Å². The zero-order valence-electron chi connectivity index (χ0n) is 32.6. The van der Waals surface area contributed by atoms with Crippen LogP contribution in [0.1, 0.15) is 69.5 Å². The fourth-order valence-electron chi connectivity index (χ4n) is 10.9. The van der Waals surface area contributed by atoms with Gasteiger partial charge >= 0.3 is 0 Å². The van der Waals surface area contributed by atoms with E-state index in [1.807, 2.05) is 11.8 Å². The van der Waals surface area contributed by atoms with Crippen LogP contribution in [0.2, 0.25) is 0 Å². The van der Waals surface area contributed by atoms with Gasteiger partial charge in [-0.3, -0.25) is 0 Å². The number of rotatable bonds is 0. The van der Waals surface area contributed by atoms with Crippen molar-refractivity contribution in [2.45, 2.75) is 67.9 Å². The van der Waals surface area contributed by atoms with E-state index in [9.17, 15) is 0 Å². The first-order valence-corrected chi connectivity index (χ1v) is 22.4. The van der Waals surface area contributed by atoms with Gasteiger partial charge < -0.3 is 9.13 Å². The van der Waals surface area contributed by atoms with Crippen LogP contribution in [0.15, 0.2) is 124 Å². The highest BCUT2D eigenvalue weighted by atomic mass is 32.2. The predicted octanol–water partition coefficient (Wildman–Crippen LogP) is 9.07. The van der Waals surface area contributed by atoms with Crippen LogP contribution in [-0.2, 0) is 16.6 Å². The van der Waals surface area contributed by atoms with Crippen molar-refractivity contribution in [1.29, 1.82) is 0 Å². The van der Waals surface area contributed by atoms with Crippen LogP contribution in [0.25, 0.3) is 50.2 Å². The molecule has 13 rings (SSSR count). The maximum Gasteiger partial charge on any atom is 0.254 e. The van der Waals surface area contributed by atoms with E-state index in [0.29, 0.717) is 0 Å². The summed E-state index contributed by atoms with van der Waals surface area (Å²) in [5.41, 5.74) is 21.2. The lowest BCUT2D eigenvalue weighted by Crippen LogP contribution is -2.58. The zero-order chi connectivity index (χ0) is 37.6. The third-order valence-corrected chi connectivity index (χ3v) is 16.8. The topological polar surface area (TPSA) is 9.86 Å². The first-order chi connectivity index (χ1) is 27.1. The van der Waals surface area contributed by atoms with Crippen LogP contribution in [-0.4, -0.2) is 27.3 Å². The monoisotopic (exact) mass is 754 g/mol. The van der Waals surface area contributed by atoms with Crippen molar-refractivity contribution in [3.8, 4) is 11.4 Å². The Bertz CT molecular complexity index is 3230. The number of nitrogens with zero attached hydrogens (tertiary/aromatic N) is 2. The van der Waals surface area contributed by atoms with E-state index in [-0.39, 0.29) is 34.7 Å². The normalized spacial score (nSPS) is 17.0. The van der Waals surface area contributed by atoms with Crippen molar-refractivity contribution in [3.05, 3.63) is 143 Å². The van der Waals surface area contributed by atoms with Crippen LogP contribution in [0.5, 0.6) is 0 Å². The number of hydrogen-bond donors (Lipinski definition) is 0. The molecule has 1 atom stereocenters. The number of hydrogen-bond acceptors (Lipinski definition) is 1. The Morgan fingerprint density at radius 3 is 2.05 bits per heavy atom. The summed E-state index contributed by atoms with van der Waals surface area (Å²) in [6.07, 6.45) is 2.48. The highest BCUT2D eigenvalue weighted by molar-refractivity contribution is 8.20. The van der Waals surface area contributed by atoms with E-state index >= 15 is 0 Å². The quantitative estimate of drug-likeness (QED) is 0.111. The van der Waals surface area contributed by atoms with Crippen molar-refractivity contribution < 1.29 is 0 Å². The largest absolute Gasteiger partial charge is 0.310 e. The lowest BCUT2D eigenvalue weighted by atomic mass is 9.35. The lowest BCUT2D eigenvalue weighted by molar-refractivity contribution is 0.590. The van der Waals surface area contributed by atoms with Gasteiger partial charge in [-0.1, -0.05) is 143 Å². The van der Waals surface area contributed by atoms with Gasteiger partial charge in [0.1, 0.15) is 0 Å². The van der Waals surface area contributed by atoms with Crippen molar-refractivity contribution in [2.75, 3.05) is 0 Å². The Morgan fingerprint density at radius 2 is 1.29 bits per heavy atom. The molecule has 1 unspecified atom stereocenters. The molecule has 8 aromatic rings. The Kier molecular flexibility index (Phi) is 6.06. The second-order valence-corrected chi connectivity index (χ2v) is 21.6. The maximum absolute atomic E-state index is 2.73.